The molecule has 0 bridgehead atoms. The average molecular weight is 373 g/mol. The van der Waals surface area contributed by atoms with Crippen LogP contribution < -0.4 is 29.6 Å². The second kappa shape index (κ2) is 18.7. The summed E-state index contributed by atoms with van der Waals surface area (Å²) in [6.07, 6.45) is 15.5. The topological polar surface area (TPSA) is 77.4 Å². The molecule has 0 rings (SSSR count). The van der Waals surface area contributed by atoms with Gasteiger partial charge in [-0.15, -0.1) is 0 Å². The minimum Gasteiger partial charge on any atom is -0.748 e. The molecule has 0 aromatic carbocycles. The Kier molecular flexibility index (Phi) is 21.1. The van der Waals surface area contributed by atoms with Gasteiger partial charge in [0.2, 0.25) is 0 Å². The minimum absolute atomic E-state index is 0. The standard InChI is InChI=1S/C18H38O4S.Na/c1-2-3-4-5-6-7-8-9-10-11-12-15-18(23(20,21)22)16-13-14-17-19;/h18-19H,2-17H2,1H3,(H,20,21,22);/q;+1/p-1. The molecule has 0 saturated heterocycles. The van der Waals surface area contributed by atoms with Crippen LogP contribution >= 0.6 is 0 Å². The first-order valence-corrected chi connectivity index (χ1v) is 11.0. The van der Waals surface area contributed by atoms with Crippen molar-refractivity contribution in [3.05, 3.63) is 0 Å². The van der Waals surface area contributed by atoms with Gasteiger partial charge in [-0.05, 0) is 25.7 Å². The van der Waals surface area contributed by atoms with Crippen molar-refractivity contribution in [1.29, 1.82) is 0 Å². The Morgan fingerprint density at radius 1 is 0.750 bits per heavy atom. The van der Waals surface area contributed by atoms with Crippen LogP contribution in [0.25, 0.3) is 0 Å². The summed E-state index contributed by atoms with van der Waals surface area (Å²) < 4.78 is 33.7. The van der Waals surface area contributed by atoms with E-state index >= 15 is 0 Å². The van der Waals surface area contributed by atoms with Crippen LogP contribution in [0, 0.1) is 0 Å². The molecule has 0 aliphatic carbocycles. The van der Waals surface area contributed by atoms with E-state index in [1.807, 2.05) is 0 Å². The van der Waals surface area contributed by atoms with Gasteiger partial charge in [0.15, 0.2) is 0 Å². The van der Waals surface area contributed by atoms with Crippen LogP contribution in [0.5, 0.6) is 0 Å². The smallest absolute Gasteiger partial charge is 0.748 e. The number of hydrogen-bond acceptors (Lipinski definition) is 4. The Hall–Kier alpha value is 0.870. The van der Waals surface area contributed by atoms with Crippen molar-refractivity contribution in [2.75, 3.05) is 6.61 Å². The van der Waals surface area contributed by atoms with Crippen LogP contribution in [-0.4, -0.2) is 29.9 Å². The molecular weight excluding hydrogens is 335 g/mol. The molecule has 1 atom stereocenters. The fourth-order valence-corrected chi connectivity index (χ4v) is 3.86. The van der Waals surface area contributed by atoms with Gasteiger partial charge >= 0.3 is 29.6 Å². The van der Waals surface area contributed by atoms with Crippen molar-refractivity contribution >= 4 is 10.1 Å². The predicted octanol–water partition coefficient (Wildman–Crippen LogP) is 1.77. The number of rotatable bonds is 17. The molecular formula is C18H37NaO4S. The van der Waals surface area contributed by atoms with Gasteiger partial charge in [-0.3, -0.25) is 0 Å². The summed E-state index contributed by atoms with van der Waals surface area (Å²) >= 11 is 0. The number of aliphatic hydroxyl groups is 1. The zero-order valence-electron chi connectivity index (χ0n) is 16.0. The molecule has 0 heterocycles. The molecule has 0 aliphatic heterocycles. The maximum absolute atomic E-state index is 11.2. The summed E-state index contributed by atoms with van der Waals surface area (Å²) in [6, 6.07) is 0. The summed E-state index contributed by atoms with van der Waals surface area (Å²) in [4.78, 5) is 0. The number of aliphatic hydroxyl groups excluding tert-OH is 1. The summed E-state index contributed by atoms with van der Waals surface area (Å²) in [5.74, 6) is 0. The predicted molar refractivity (Wildman–Crippen MR) is 95.5 cm³/mol. The first-order valence-electron chi connectivity index (χ1n) is 9.58. The molecule has 0 aromatic rings. The molecule has 0 aromatic heterocycles. The summed E-state index contributed by atoms with van der Waals surface area (Å²) in [5, 5.41) is 7.97. The maximum atomic E-state index is 11.2. The van der Waals surface area contributed by atoms with E-state index in [0.717, 1.165) is 19.3 Å². The molecule has 0 amide bonds. The third-order valence-electron chi connectivity index (χ3n) is 4.47. The molecule has 6 heteroatoms. The van der Waals surface area contributed by atoms with Crippen LogP contribution in [-0.2, 0) is 10.1 Å². The van der Waals surface area contributed by atoms with E-state index in [1.54, 1.807) is 0 Å². The molecule has 140 valence electrons. The molecule has 0 aliphatic rings. The SMILES string of the molecule is CCCCCCCCCCCCCC(CCCCO)S(=O)(=O)[O-].[Na+]. The van der Waals surface area contributed by atoms with Crippen molar-refractivity contribution in [1.82, 2.24) is 0 Å². The van der Waals surface area contributed by atoms with E-state index in [0.29, 0.717) is 25.7 Å². The van der Waals surface area contributed by atoms with Crippen LogP contribution in [0.1, 0.15) is 103 Å². The van der Waals surface area contributed by atoms with Gasteiger partial charge in [0, 0.05) is 11.9 Å². The first kappa shape index (κ1) is 27.1. The second-order valence-corrected chi connectivity index (χ2v) is 8.31. The average Bonchev–Trinajstić information content (AvgIpc) is 2.49. The quantitative estimate of drug-likeness (QED) is 0.240. The zero-order valence-corrected chi connectivity index (χ0v) is 18.8. The van der Waals surface area contributed by atoms with Gasteiger partial charge in [-0.25, -0.2) is 8.42 Å². The zero-order chi connectivity index (χ0) is 17.4. The van der Waals surface area contributed by atoms with Crippen LogP contribution in [0.15, 0.2) is 0 Å². The first-order chi connectivity index (χ1) is 11.0. The Balaban J connectivity index is 0. The Bertz CT molecular complexity index is 347. The molecule has 0 spiro atoms. The monoisotopic (exact) mass is 372 g/mol. The van der Waals surface area contributed by atoms with E-state index in [2.05, 4.69) is 6.92 Å². The van der Waals surface area contributed by atoms with Crippen molar-refractivity contribution in [3.63, 3.8) is 0 Å². The van der Waals surface area contributed by atoms with Gasteiger partial charge in [-0.2, -0.15) is 0 Å². The van der Waals surface area contributed by atoms with Gasteiger partial charge in [0.25, 0.3) is 0 Å². The van der Waals surface area contributed by atoms with E-state index in [-0.39, 0.29) is 36.2 Å². The molecule has 0 fully saturated rings. The molecule has 0 saturated carbocycles. The third-order valence-corrected chi connectivity index (χ3v) is 5.76. The van der Waals surface area contributed by atoms with E-state index in [1.165, 1.54) is 51.4 Å². The van der Waals surface area contributed by atoms with E-state index < -0.39 is 15.4 Å². The van der Waals surface area contributed by atoms with Crippen molar-refractivity contribution < 1.29 is 47.6 Å². The maximum Gasteiger partial charge on any atom is 1.00 e. The largest absolute Gasteiger partial charge is 1.00 e. The third kappa shape index (κ3) is 17.7. The Labute approximate surface area is 172 Å². The molecule has 1 unspecified atom stereocenters. The summed E-state index contributed by atoms with van der Waals surface area (Å²) in [6.45, 7) is 2.29. The fourth-order valence-electron chi connectivity index (χ4n) is 2.95. The number of hydrogen-bond donors (Lipinski definition) is 1. The summed E-state index contributed by atoms with van der Waals surface area (Å²) in [5.41, 5.74) is 0. The normalized spacial score (nSPS) is 12.8. The van der Waals surface area contributed by atoms with Crippen LogP contribution in [0.4, 0.5) is 0 Å². The molecule has 24 heavy (non-hydrogen) atoms. The Morgan fingerprint density at radius 3 is 1.50 bits per heavy atom. The molecule has 1 N–H and O–H groups in total. The second-order valence-electron chi connectivity index (χ2n) is 6.66. The summed E-state index contributed by atoms with van der Waals surface area (Å²) in [7, 11) is -4.19. The van der Waals surface area contributed by atoms with Crippen LogP contribution in [0.3, 0.4) is 0 Å². The van der Waals surface area contributed by atoms with Gasteiger partial charge in [0.1, 0.15) is 0 Å². The molecule has 4 nitrogen and oxygen atoms in total. The van der Waals surface area contributed by atoms with Crippen molar-refractivity contribution in [2.45, 2.75) is 108 Å². The van der Waals surface area contributed by atoms with Crippen molar-refractivity contribution in [3.8, 4) is 0 Å². The van der Waals surface area contributed by atoms with Crippen LogP contribution in [0.2, 0.25) is 0 Å². The van der Waals surface area contributed by atoms with Gasteiger partial charge in [-0.1, -0.05) is 77.6 Å². The van der Waals surface area contributed by atoms with Gasteiger partial charge < -0.3 is 9.66 Å². The molecule has 0 radical (unpaired) electrons. The van der Waals surface area contributed by atoms with E-state index in [4.69, 9.17) is 5.11 Å². The van der Waals surface area contributed by atoms with Crippen molar-refractivity contribution in [2.24, 2.45) is 0 Å². The minimum atomic E-state index is -4.19. The Morgan fingerprint density at radius 2 is 1.12 bits per heavy atom. The number of unbranched alkanes of at least 4 members (excludes halogenated alkanes) is 11. The van der Waals surface area contributed by atoms with E-state index in [9.17, 15) is 13.0 Å². The fraction of sp³-hybridized carbons (Fsp3) is 1.00. The van der Waals surface area contributed by atoms with Gasteiger partial charge in [0.05, 0.1) is 10.1 Å².